The van der Waals surface area contributed by atoms with Gasteiger partial charge in [0.15, 0.2) is 0 Å². The molecule has 25 heavy (non-hydrogen) atoms. The molecule has 2 bridgehead atoms. The Morgan fingerprint density at radius 2 is 1.40 bits per heavy atom. The maximum atomic E-state index is 11.8. The first-order valence-corrected chi connectivity index (χ1v) is 9.30. The molecule has 0 aromatic heterocycles. The number of aliphatic hydroxyl groups is 1. The summed E-state index contributed by atoms with van der Waals surface area (Å²) in [6.45, 7) is 1.64. The van der Waals surface area contributed by atoms with E-state index in [-0.39, 0.29) is 0 Å². The lowest BCUT2D eigenvalue weighted by atomic mass is 9.74. The molecule has 0 aliphatic carbocycles. The molecular formula is C22H27NO2. The summed E-state index contributed by atoms with van der Waals surface area (Å²) in [6.07, 6.45) is 2.95. The molecule has 2 unspecified atom stereocenters. The van der Waals surface area contributed by atoms with Gasteiger partial charge in [-0.05, 0) is 43.4 Å². The van der Waals surface area contributed by atoms with Gasteiger partial charge < -0.3 is 9.84 Å². The van der Waals surface area contributed by atoms with Gasteiger partial charge in [-0.3, -0.25) is 4.90 Å². The number of nitrogens with zero attached hydrogens (tertiary/aromatic N) is 1. The molecular weight excluding hydrogens is 310 g/mol. The highest BCUT2D eigenvalue weighted by Gasteiger charge is 2.41. The molecule has 0 amide bonds. The molecule has 2 aromatic carbocycles. The third-order valence-electron chi connectivity index (χ3n) is 6.07. The standard InChI is InChI=1S/C22H27NO2/c1-23-20-12-17(13-21(23)16-25-15-20)14-22(24,18-8-4-2-5-9-18)19-10-6-3-7-11-19/h2-11,17,20-21,24H,12-16H2,1H3. The van der Waals surface area contributed by atoms with Gasteiger partial charge in [0.05, 0.1) is 13.2 Å². The lowest BCUT2D eigenvalue weighted by Crippen LogP contribution is -2.55. The number of likely N-dealkylation sites (N-methyl/N-ethyl adjacent to an activating group) is 1. The molecule has 3 heteroatoms. The Balaban J connectivity index is 1.64. The summed E-state index contributed by atoms with van der Waals surface area (Å²) in [4.78, 5) is 2.48. The van der Waals surface area contributed by atoms with E-state index in [4.69, 9.17) is 4.74 Å². The summed E-state index contributed by atoms with van der Waals surface area (Å²) in [5.41, 5.74) is 1.04. The number of hydrogen-bond donors (Lipinski definition) is 1. The van der Waals surface area contributed by atoms with Crippen molar-refractivity contribution in [2.45, 2.75) is 36.9 Å². The molecule has 2 aliphatic rings. The number of piperidine rings is 1. The predicted molar refractivity (Wildman–Crippen MR) is 99.4 cm³/mol. The van der Waals surface area contributed by atoms with E-state index >= 15 is 0 Å². The van der Waals surface area contributed by atoms with Crippen LogP contribution in [0.5, 0.6) is 0 Å². The Labute approximate surface area is 150 Å². The van der Waals surface area contributed by atoms with E-state index in [1.54, 1.807) is 0 Å². The Morgan fingerprint density at radius 1 is 0.920 bits per heavy atom. The second kappa shape index (κ2) is 6.91. The number of fused-ring (bicyclic) bond motifs is 2. The minimum atomic E-state index is -0.932. The normalized spacial score (nSPS) is 27.2. The van der Waals surface area contributed by atoms with Gasteiger partial charge in [-0.2, -0.15) is 0 Å². The van der Waals surface area contributed by atoms with E-state index < -0.39 is 5.60 Å². The number of morpholine rings is 1. The predicted octanol–water partition coefficient (Wildman–Crippen LogP) is 3.42. The molecule has 2 aromatic rings. The molecule has 0 spiro atoms. The first-order chi connectivity index (χ1) is 12.2. The smallest absolute Gasteiger partial charge is 0.115 e. The van der Waals surface area contributed by atoms with Crippen molar-refractivity contribution in [3.05, 3.63) is 71.8 Å². The van der Waals surface area contributed by atoms with E-state index in [2.05, 4.69) is 11.9 Å². The van der Waals surface area contributed by atoms with Gasteiger partial charge in [0, 0.05) is 12.1 Å². The fraction of sp³-hybridized carbons (Fsp3) is 0.455. The Bertz CT molecular complexity index is 634. The average molecular weight is 337 g/mol. The van der Waals surface area contributed by atoms with Crippen LogP contribution < -0.4 is 0 Å². The number of ether oxygens (including phenoxy) is 1. The summed E-state index contributed by atoms with van der Waals surface area (Å²) in [7, 11) is 2.22. The first kappa shape index (κ1) is 16.8. The van der Waals surface area contributed by atoms with Crippen molar-refractivity contribution < 1.29 is 9.84 Å². The fourth-order valence-corrected chi connectivity index (χ4v) is 4.62. The highest BCUT2D eigenvalue weighted by atomic mass is 16.5. The van der Waals surface area contributed by atoms with E-state index in [0.717, 1.165) is 43.6 Å². The van der Waals surface area contributed by atoms with Crippen LogP contribution >= 0.6 is 0 Å². The van der Waals surface area contributed by atoms with Crippen LogP contribution in [-0.4, -0.2) is 42.4 Å². The van der Waals surface area contributed by atoms with Gasteiger partial charge in [-0.15, -0.1) is 0 Å². The van der Waals surface area contributed by atoms with Crippen LogP contribution in [0.4, 0.5) is 0 Å². The van der Waals surface area contributed by atoms with Gasteiger partial charge in [0.1, 0.15) is 5.60 Å². The molecule has 1 N–H and O–H groups in total. The molecule has 2 atom stereocenters. The van der Waals surface area contributed by atoms with Gasteiger partial charge in [-0.25, -0.2) is 0 Å². The van der Waals surface area contributed by atoms with Gasteiger partial charge in [0.25, 0.3) is 0 Å². The summed E-state index contributed by atoms with van der Waals surface area (Å²) >= 11 is 0. The van der Waals surface area contributed by atoms with Crippen molar-refractivity contribution in [2.75, 3.05) is 20.3 Å². The maximum absolute atomic E-state index is 11.8. The number of benzene rings is 2. The van der Waals surface area contributed by atoms with Crippen molar-refractivity contribution in [1.82, 2.24) is 4.90 Å². The molecule has 2 fully saturated rings. The molecule has 2 saturated heterocycles. The third kappa shape index (κ3) is 3.24. The fourth-order valence-electron chi connectivity index (χ4n) is 4.62. The van der Waals surface area contributed by atoms with Crippen molar-refractivity contribution >= 4 is 0 Å². The molecule has 4 rings (SSSR count). The zero-order chi connectivity index (χ0) is 17.3. The summed E-state index contributed by atoms with van der Waals surface area (Å²) < 4.78 is 5.75. The topological polar surface area (TPSA) is 32.7 Å². The van der Waals surface area contributed by atoms with Crippen molar-refractivity contribution in [3.8, 4) is 0 Å². The van der Waals surface area contributed by atoms with Gasteiger partial charge in [0.2, 0.25) is 0 Å². The van der Waals surface area contributed by atoms with Crippen LogP contribution in [0.25, 0.3) is 0 Å². The second-order valence-electron chi connectivity index (χ2n) is 7.64. The summed E-state index contributed by atoms with van der Waals surface area (Å²) in [5.74, 6) is 0.500. The molecule has 0 saturated carbocycles. The SMILES string of the molecule is CN1C2COCC1CC(CC(O)(c1ccccc1)c1ccccc1)C2. The van der Waals surface area contributed by atoms with Crippen molar-refractivity contribution in [2.24, 2.45) is 5.92 Å². The van der Waals surface area contributed by atoms with Crippen LogP contribution in [0.2, 0.25) is 0 Å². The summed E-state index contributed by atoms with van der Waals surface area (Å²) in [6, 6.07) is 21.2. The maximum Gasteiger partial charge on any atom is 0.115 e. The molecule has 2 heterocycles. The minimum Gasteiger partial charge on any atom is -0.380 e. The van der Waals surface area contributed by atoms with Gasteiger partial charge >= 0.3 is 0 Å². The van der Waals surface area contributed by atoms with Crippen LogP contribution in [0.1, 0.15) is 30.4 Å². The monoisotopic (exact) mass is 337 g/mol. The number of hydrogen-bond acceptors (Lipinski definition) is 3. The lowest BCUT2D eigenvalue weighted by Gasteiger charge is -2.48. The molecule has 2 aliphatic heterocycles. The van der Waals surface area contributed by atoms with Crippen LogP contribution in [0.15, 0.2) is 60.7 Å². The molecule has 132 valence electrons. The van der Waals surface area contributed by atoms with Gasteiger partial charge in [-0.1, -0.05) is 60.7 Å². The van der Waals surface area contributed by atoms with E-state index in [9.17, 15) is 5.11 Å². The van der Waals surface area contributed by atoms with E-state index in [1.165, 1.54) is 0 Å². The first-order valence-electron chi connectivity index (χ1n) is 9.30. The molecule has 0 radical (unpaired) electrons. The summed E-state index contributed by atoms with van der Waals surface area (Å²) in [5, 5.41) is 11.8. The van der Waals surface area contributed by atoms with Crippen molar-refractivity contribution in [1.29, 1.82) is 0 Å². The average Bonchev–Trinajstić information content (AvgIpc) is 2.64. The van der Waals surface area contributed by atoms with Crippen LogP contribution in [0, 0.1) is 5.92 Å². The van der Waals surface area contributed by atoms with Crippen LogP contribution in [-0.2, 0) is 10.3 Å². The second-order valence-corrected chi connectivity index (χ2v) is 7.64. The zero-order valence-electron chi connectivity index (χ0n) is 14.8. The highest BCUT2D eigenvalue weighted by Crippen LogP contribution is 2.41. The largest absolute Gasteiger partial charge is 0.380 e. The highest BCUT2D eigenvalue weighted by molar-refractivity contribution is 5.36. The lowest BCUT2D eigenvalue weighted by molar-refractivity contribution is -0.0846. The zero-order valence-corrected chi connectivity index (χ0v) is 14.8. The Hall–Kier alpha value is -1.68. The third-order valence-corrected chi connectivity index (χ3v) is 6.07. The quantitative estimate of drug-likeness (QED) is 0.928. The van der Waals surface area contributed by atoms with E-state index in [0.29, 0.717) is 18.0 Å². The molecule has 3 nitrogen and oxygen atoms in total. The Kier molecular flexibility index (Phi) is 4.63. The minimum absolute atomic E-state index is 0.480. The van der Waals surface area contributed by atoms with Crippen LogP contribution in [0.3, 0.4) is 0 Å². The van der Waals surface area contributed by atoms with Crippen molar-refractivity contribution in [3.63, 3.8) is 0 Å². The Morgan fingerprint density at radius 3 is 1.88 bits per heavy atom. The number of rotatable bonds is 4. The van der Waals surface area contributed by atoms with E-state index in [1.807, 2.05) is 60.7 Å².